The third-order valence-electron chi connectivity index (χ3n) is 3.79. The van der Waals surface area contributed by atoms with E-state index in [1.807, 2.05) is 29.2 Å². The van der Waals surface area contributed by atoms with Crippen molar-refractivity contribution in [3.8, 4) is 5.75 Å². The van der Waals surface area contributed by atoms with Gasteiger partial charge in [-0.05, 0) is 31.0 Å². The number of amides is 1. The van der Waals surface area contributed by atoms with Gasteiger partial charge in [0.2, 0.25) is 5.91 Å². The zero-order chi connectivity index (χ0) is 12.5. The van der Waals surface area contributed by atoms with Crippen molar-refractivity contribution in [3.63, 3.8) is 0 Å². The molecule has 0 spiro atoms. The molecule has 18 heavy (non-hydrogen) atoms. The van der Waals surface area contributed by atoms with Gasteiger partial charge in [0.15, 0.2) is 0 Å². The average Bonchev–Trinajstić information content (AvgIpc) is 2.83. The second-order valence-electron chi connectivity index (χ2n) is 5.00. The normalized spacial score (nSPS) is 26.6. The van der Waals surface area contributed by atoms with Gasteiger partial charge < -0.3 is 15.0 Å². The number of nitrogens with zero attached hydrogens (tertiary/aromatic N) is 1. The Morgan fingerprint density at radius 1 is 1.44 bits per heavy atom. The van der Waals surface area contributed by atoms with Crippen LogP contribution in [0.4, 0.5) is 5.69 Å². The summed E-state index contributed by atoms with van der Waals surface area (Å²) in [7, 11) is 0. The number of fused-ring (bicyclic) bond motifs is 1. The summed E-state index contributed by atoms with van der Waals surface area (Å²) < 4.78 is 5.58. The van der Waals surface area contributed by atoms with Crippen molar-refractivity contribution in [1.29, 1.82) is 0 Å². The molecule has 4 heteroatoms. The van der Waals surface area contributed by atoms with Crippen molar-refractivity contribution in [2.24, 2.45) is 5.92 Å². The van der Waals surface area contributed by atoms with Crippen LogP contribution in [0.5, 0.6) is 5.75 Å². The lowest BCUT2D eigenvalue weighted by molar-refractivity contribution is -0.121. The molecule has 1 saturated heterocycles. The topological polar surface area (TPSA) is 41.6 Å². The molecule has 0 aromatic heterocycles. The van der Waals surface area contributed by atoms with Gasteiger partial charge in [-0.3, -0.25) is 4.79 Å². The molecule has 2 heterocycles. The second-order valence-corrected chi connectivity index (χ2v) is 5.00. The number of para-hydroxylation sites is 2. The summed E-state index contributed by atoms with van der Waals surface area (Å²) in [4.78, 5) is 14.4. The maximum absolute atomic E-state index is 12.6. The standard InChI is InChI=1S/C14H18N2O2/c1-10-6-7-15-13(10)14(17)16-8-9-18-12-5-3-2-4-11(12)16/h2-5,10,13,15H,6-9H2,1H3. The summed E-state index contributed by atoms with van der Waals surface area (Å²) in [5.74, 6) is 1.39. The molecule has 0 bridgehead atoms. The molecule has 3 rings (SSSR count). The molecule has 1 amide bonds. The Bertz CT molecular complexity index is 461. The van der Waals surface area contributed by atoms with E-state index < -0.39 is 0 Å². The van der Waals surface area contributed by atoms with E-state index >= 15 is 0 Å². The predicted octanol–water partition coefficient (Wildman–Crippen LogP) is 1.41. The van der Waals surface area contributed by atoms with E-state index in [2.05, 4.69) is 12.2 Å². The van der Waals surface area contributed by atoms with Crippen LogP contribution in [-0.2, 0) is 4.79 Å². The summed E-state index contributed by atoms with van der Waals surface area (Å²) >= 11 is 0. The quantitative estimate of drug-likeness (QED) is 0.814. The van der Waals surface area contributed by atoms with Crippen LogP contribution in [0, 0.1) is 5.92 Å². The summed E-state index contributed by atoms with van der Waals surface area (Å²) in [6.45, 7) is 4.28. The lowest BCUT2D eigenvalue weighted by atomic mass is 10.0. The molecule has 4 nitrogen and oxygen atoms in total. The lowest BCUT2D eigenvalue weighted by Gasteiger charge is -2.32. The third kappa shape index (κ3) is 1.86. The van der Waals surface area contributed by atoms with Gasteiger partial charge >= 0.3 is 0 Å². The van der Waals surface area contributed by atoms with Crippen LogP contribution in [0.25, 0.3) is 0 Å². The van der Waals surface area contributed by atoms with Crippen LogP contribution in [0.1, 0.15) is 13.3 Å². The molecular formula is C14H18N2O2. The first-order chi connectivity index (χ1) is 8.77. The van der Waals surface area contributed by atoms with Crippen molar-refractivity contribution >= 4 is 11.6 Å². The van der Waals surface area contributed by atoms with Crippen LogP contribution >= 0.6 is 0 Å². The Kier molecular flexibility index (Phi) is 2.96. The van der Waals surface area contributed by atoms with Crippen molar-refractivity contribution in [1.82, 2.24) is 5.32 Å². The van der Waals surface area contributed by atoms with Crippen LogP contribution in [0.15, 0.2) is 24.3 Å². The van der Waals surface area contributed by atoms with E-state index in [-0.39, 0.29) is 11.9 Å². The molecule has 1 N–H and O–H groups in total. The number of carbonyl (C=O) groups excluding carboxylic acids is 1. The van der Waals surface area contributed by atoms with Gasteiger partial charge in [-0.2, -0.15) is 0 Å². The highest BCUT2D eigenvalue weighted by Crippen LogP contribution is 2.32. The maximum Gasteiger partial charge on any atom is 0.244 e. The van der Waals surface area contributed by atoms with Gasteiger partial charge in [0, 0.05) is 0 Å². The van der Waals surface area contributed by atoms with Crippen LogP contribution < -0.4 is 15.0 Å². The molecule has 2 atom stereocenters. The molecule has 2 aliphatic heterocycles. The number of nitrogens with one attached hydrogen (secondary N) is 1. The first kappa shape index (κ1) is 11.5. The number of hydrogen-bond acceptors (Lipinski definition) is 3. The second kappa shape index (κ2) is 4.61. The lowest BCUT2D eigenvalue weighted by Crippen LogP contribution is -2.48. The van der Waals surface area contributed by atoms with Gasteiger partial charge in [-0.25, -0.2) is 0 Å². The number of rotatable bonds is 1. The van der Waals surface area contributed by atoms with E-state index in [0.29, 0.717) is 19.1 Å². The molecule has 2 unspecified atom stereocenters. The summed E-state index contributed by atoms with van der Waals surface area (Å²) in [5.41, 5.74) is 0.898. The first-order valence-corrected chi connectivity index (χ1v) is 6.54. The molecule has 96 valence electrons. The highest BCUT2D eigenvalue weighted by molar-refractivity contribution is 5.99. The minimum atomic E-state index is -0.0452. The molecule has 1 aromatic rings. The number of hydrogen-bond donors (Lipinski definition) is 1. The molecule has 1 aromatic carbocycles. The molecule has 0 radical (unpaired) electrons. The Morgan fingerprint density at radius 2 is 2.28 bits per heavy atom. The Balaban J connectivity index is 1.87. The number of ether oxygens (including phenoxy) is 1. The fourth-order valence-electron chi connectivity index (χ4n) is 2.73. The monoisotopic (exact) mass is 246 g/mol. The fourth-order valence-corrected chi connectivity index (χ4v) is 2.73. The van der Waals surface area contributed by atoms with Gasteiger partial charge in [0.05, 0.1) is 18.3 Å². The van der Waals surface area contributed by atoms with Crippen LogP contribution in [0.2, 0.25) is 0 Å². The van der Waals surface area contributed by atoms with Gasteiger partial charge in [0.25, 0.3) is 0 Å². The largest absolute Gasteiger partial charge is 0.490 e. The van der Waals surface area contributed by atoms with Gasteiger partial charge in [0.1, 0.15) is 12.4 Å². The summed E-state index contributed by atoms with van der Waals surface area (Å²) in [6.07, 6.45) is 1.07. The van der Waals surface area contributed by atoms with E-state index in [1.54, 1.807) is 0 Å². The maximum atomic E-state index is 12.6. The minimum absolute atomic E-state index is 0.0452. The smallest absolute Gasteiger partial charge is 0.244 e. The predicted molar refractivity (Wildman–Crippen MR) is 69.9 cm³/mol. The summed E-state index contributed by atoms with van der Waals surface area (Å²) in [6, 6.07) is 7.70. The number of anilines is 1. The Hall–Kier alpha value is -1.55. The minimum Gasteiger partial charge on any atom is -0.490 e. The van der Waals surface area contributed by atoms with E-state index in [1.165, 1.54) is 0 Å². The number of carbonyl (C=O) groups is 1. The SMILES string of the molecule is CC1CCNC1C(=O)N1CCOc2ccccc21. The molecule has 2 aliphatic rings. The fraction of sp³-hybridized carbons (Fsp3) is 0.500. The Labute approximate surface area is 107 Å². The molecular weight excluding hydrogens is 228 g/mol. The molecule has 1 fully saturated rings. The van der Waals surface area contributed by atoms with Crippen molar-refractivity contribution < 1.29 is 9.53 Å². The van der Waals surface area contributed by atoms with Crippen molar-refractivity contribution in [3.05, 3.63) is 24.3 Å². The van der Waals surface area contributed by atoms with Gasteiger partial charge in [-0.1, -0.05) is 19.1 Å². The zero-order valence-electron chi connectivity index (χ0n) is 10.6. The summed E-state index contributed by atoms with van der Waals surface area (Å²) in [5, 5.41) is 3.30. The zero-order valence-corrected chi connectivity index (χ0v) is 10.6. The van der Waals surface area contributed by atoms with E-state index in [4.69, 9.17) is 4.74 Å². The molecule has 0 saturated carbocycles. The third-order valence-corrected chi connectivity index (χ3v) is 3.79. The highest BCUT2D eigenvalue weighted by atomic mass is 16.5. The number of benzene rings is 1. The van der Waals surface area contributed by atoms with Crippen molar-refractivity contribution in [2.45, 2.75) is 19.4 Å². The average molecular weight is 246 g/mol. The van der Waals surface area contributed by atoms with Crippen LogP contribution in [0.3, 0.4) is 0 Å². The van der Waals surface area contributed by atoms with E-state index in [0.717, 1.165) is 24.4 Å². The molecule has 0 aliphatic carbocycles. The first-order valence-electron chi connectivity index (χ1n) is 6.54. The highest BCUT2D eigenvalue weighted by Gasteiger charge is 2.34. The Morgan fingerprint density at radius 3 is 3.06 bits per heavy atom. The van der Waals surface area contributed by atoms with E-state index in [9.17, 15) is 4.79 Å². The van der Waals surface area contributed by atoms with Gasteiger partial charge in [-0.15, -0.1) is 0 Å². The van der Waals surface area contributed by atoms with Crippen molar-refractivity contribution in [2.75, 3.05) is 24.6 Å². The van der Waals surface area contributed by atoms with Crippen LogP contribution in [-0.4, -0.2) is 31.6 Å².